The first-order valence-electron chi connectivity index (χ1n) is 5.07. The summed E-state index contributed by atoms with van der Waals surface area (Å²) in [4.78, 5) is 17.5. The number of anilines is 1. The van der Waals surface area contributed by atoms with Crippen LogP contribution in [0.1, 0.15) is 13.8 Å². The van der Waals surface area contributed by atoms with Crippen molar-refractivity contribution in [1.29, 1.82) is 0 Å². The van der Waals surface area contributed by atoms with Crippen molar-refractivity contribution in [3.05, 3.63) is 21.6 Å². The van der Waals surface area contributed by atoms with Crippen molar-refractivity contribution in [1.82, 2.24) is 9.97 Å². The zero-order valence-corrected chi connectivity index (χ0v) is 10.3. The third-order valence-corrected chi connectivity index (χ3v) is 2.13. The van der Waals surface area contributed by atoms with Crippen molar-refractivity contribution in [3.8, 4) is 0 Å². The lowest BCUT2D eigenvalue weighted by Crippen LogP contribution is -2.20. The Morgan fingerprint density at radius 2 is 2.41 bits per heavy atom. The molecule has 17 heavy (non-hydrogen) atoms. The van der Waals surface area contributed by atoms with Gasteiger partial charge >= 0.3 is 5.69 Å². The summed E-state index contributed by atoms with van der Waals surface area (Å²) in [6.45, 7) is 4.71. The maximum atomic E-state index is 10.7. The second-order valence-corrected chi connectivity index (χ2v) is 3.61. The lowest BCUT2D eigenvalue weighted by molar-refractivity contribution is -0.384. The van der Waals surface area contributed by atoms with E-state index in [1.807, 2.05) is 13.8 Å². The molecule has 0 saturated carbocycles. The van der Waals surface area contributed by atoms with E-state index in [9.17, 15) is 10.1 Å². The molecule has 1 N–H and O–H groups in total. The molecule has 0 amide bonds. The van der Waals surface area contributed by atoms with E-state index in [-0.39, 0.29) is 22.9 Å². The van der Waals surface area contributed by atoms with E-state index in [1.54, 1.807) is 0 Å². The number of nitro groups is 1. The zero-order valence-electron chi connectivity index (χ0n) is 9.51. The van der Waals surface area contributed by atoms with Crippen LogP contribution in [0.5, 0.6) is 0 Å². The number of halogens is 1. The molecule has 0 aliphatic heterocycles. The van der Waals surface area contributed by atoms with Crippen molar-refractivity contribution in [2.75, 3.05) is 18.5 Å². The Hall–Kier alpha value is -1.47. The fraction of sp³-hybridized carbons (Fsp3) is 0.556. The highest BCUT2D eigenvalue weighted by Gasteiger charge is 2.17. The van der Waals surface area contributed by atoms with Crippen LogP contribution >= 0.6 is 11.6 Å². The standard InChI is InChI=1S/C9H13ClN4O3/c1-3-17-6(2)4-11-8-7(14(15)16)5-12-9(10)13-8/h5-6H,3-4H2,1-2H3,(H,11,12,13). The number of nitrogens with one attached hydrogen (secondary N) is 1. The lowest BCUT2D eigenvalue weighted by Gasteiger charge is -2.12. The van der Waals surface area contributed by atoms with Crippen LogP contribution < -0.4 is 5.32 Å². The quantitative estimate of drug-likeness (QED) is 0.477. The summed E-state index contributed by atoms with van der Waals surface area (Å²) >= 11 is 5.58. The Morgan fingerprint density at radius 1 is 1.71 bits per heavy atom. The molecule has 0 spiro atoms. The first-order valence-corrected chi connectivity index (χ1v) is 5.44. The summed E-state index contributed by atoms with van der Waals surface area (Å²) < 4.78 is 5.29. The molecule has 1 rings (SSSR count). The van der Waals surface area contributed by atoms with Crippen LogP contribution in [0.2, 0.25) is 5.28 Å². The van der Waals surface area contributed by atoms with E-state index < -0.39 is 4.92 Å². The molecule has 8 heteroatoms. The van der Waals surface area contributed by atoms with E-state index in [4.69, 9.17) is 16.3 Å². The Balaban J connectivity index is 2.75. The molecule has 0 aliphatic rings. The van der Waals surface area contributed by atoms with Crippen LogP contribution in [-0.4, -0.2) is 34.1 Å². The average Bonchev–Trinajstić information content (AvgIpc) is 2.26. The molecule has 0 fully saturated rings. The van der Waals surface area contributed by atoms with Gasteiger partial charge in [0.2, 0.25) is 11.1 Å². The van der Waals surface area contributed by atoms with Crippen molar-refractivity contribution in [3.63, 3.8) is 0 Å². The van der Waals surface area contributed by atoms with Crippen molar-refractivity contribution < 1.29 is 9.66 Å². The summed E-state index contributed by atoms with van der Waals surface area (Å²) in [7, 11) is 0. The van der Waals surface area contributed by atoms with E-state index in [0.717, 1.165) is 6.20 Å². The minimum Gasteiger partial charge on any atom is -0.377 e. The van der Waals surface area contributed by atoms with Gasteiger partial charge < -0.3 is 10.1 Å². The van der Waals surface area contributed by atoms with Gasteiger partial charge in [0.15, 0.2) is 0 Å². The van der Waals surface area contributed by atoms with Crippen LogP contribution in [0.15, 0.2) is 6.20 Å². The van der Waals surface area contributed by atoms with Gasteiger partial charge in [0.05, 0.1) is 11.0 Å². The van der Waals surface area contributed by atoms with Gasteiger partial charge in [-0.15, -0.1) is 0 Å². The molecule has 0 aliphatic carbocycles. The number of hydrogen-bond acceptors (Lipinski definition) is 6. The second-order valence-electron chi connectivity index (χ2n) is 3.28. The summed E-state index contributed by atoms with van der Waals surface area (Å²) in [6, 6.07) is 0. The molecule has 0 saturated heterocycles. The molecule has 94 valence electrons. The van der Waals surface area contributed by atoms with Crippen LogP contribution in [0.4, 0.5) is 11.5 Å². The van der Waals surface area contributed by atoms with E-state index in [1.165, 1.54) is 0 Å². The predicted octanol–water partition coefficient (Wildman–Crippen LogP) is 1.88. The molecule has 0 aromatic carbocycles. The molecule has 1 aromatic rings. The summed E-state index contributed by atoms with van der Waals surface area (Å²) in [6.07, 6.45) is 0.997. The van der Waals surface area contributed by atoms with E-state index in [2.05, 4.69) is 15.3 Å². The van der Waals surface area contributed by atoms with E-state index >= 15 is 0 Å². The van der Waals surface area contributed by atoms with Crippen LogP contribution in [0.3, 0.4) is 0 Å². The first kappa shape index (κ1) is 13.6. The molecular weight excluding hydrogens is 248 g/mol. The van der Waals surface area contributed by atoms with Crippen molar-refractivity contribution in [2.24, 2.45) is 0 Å². The number of aromatic nitrogens is 2. The molecular formula is C9H13ClN4O3. The van der Waals surface area contributed by atoms with Crippen molar-refractivity contribution in [2.45, 2.75) is 20.0 Å². The molecule has 1 heterocycles. The van der Waals surface area contributed by atoms with Gasteiger partial charge in [-0.2, -0.15) is 4.98 Å². The highest BCUT2D eigenvalue weighted by Crippen LogP contribution is 2.21. The summed E-state index contributed by atoms with van der Waals surface area (Å²) in [5, 5.41) is 13.5. The molecule has 7 nitrogen and oxygen atoms in total. The first-order chi connectivity index (χ1) is 8.04. The zero-order chi connectivity index (χ0) is 12.8. The fourth-order valence-electron chi connectivity index (χ4n) is 1.20. The molecule has 0 radical (unpaired) electrons. The maximum absolute atomic E-state index is 10.7. The van der Waals surface area contributed by atoms with Crippen LogP contribution in [0, 0.1) is 10.1 Å². The Labute approximate surface area is 103 Å². The van der Waals surface area contributed by atoms with Gasteiger partial charge in [-0.3, -0.25) is 10.1 Å². The highest BCUT2D eigenvalue weighted by atomic mass is 35.5. The summed E-state index contributed by atoms with van der Waals surface area (Å²) in [5.41, 5.74) is -0.210. The van der Waals surface area contributed by atoms with Gasteiger partial charge in [0.25, 0.3) is 0 Å². The molecule has 0 bridgehead atoms. The molecule has 1 atom stereocenters. The maximum Gasteiger partial charge on any atom is 0.329 e. The highest BCUT2D eigenvalue weighted by molar-refractivity contribution is 6.28. The Kier molecular flexibility index (Phi) is 5.05. The third kappa shape index (κ3) is 4.12. The topological polar surface area (TPSA) is 90.2 Å². The van der Waals surface area contributed by atoms with Gasteiger partial charge in [0, 0.05) is 13.2 Å². The van der Waals surface area contributed by atoms with Crippen LogP contribution in [0.25, 0.3) is 0 Å². The largest absolute Gasteiger partial charge is 0.377 e. The van der Waals surface area contributed by atoms with Gasteiger partial charge in [-0.1, -0.05) is 0 Å². The van der Waals surface area contributed by atoms with Gasteiger partial charge in [-0.05, 0) is 25.4 Å². The second kappa shape index (κ2) is 6.31. The number of hydrogen-bond donors (Lipinski definition) is 1. The predicted molar refractivity (Wildman–Crippen MR) is 63.3 cm³/mol. The normalized spacial score (nSPS) is 12.2. The van der Waals surface area contributed by atoms with Gasteiger partial charge in [-0.25, -0.2) is 4.98 Å². The monoisotopic (exact) mass is 260 g/mol. The molecule has 1 unspecified atom stereocenters. The minimum atomic E-state index is -0.565. The SMILES string of the molecule is CCOC(C)CNc1nc(Cl)ncc1[N+](=O)[O-]. The smallest absolute Gasteiger partial charge is 0.329 e. The number of rotatable bonds is 6. The van der Waals surface area contributed by atoms with Crippen molar-refractivity contribution >= 4 is 23.1 Å². The van der Waals surface area contributed by atoms with E-state index in [0.29, 0.717) is 13.2 Å². The van der Waals surface area contributed by atoms with Gasteiger partial charge in [0.1, 0.15) is 6.20 Å². The fourth-order valence-corrected chi connectivity index (χ4v) is 1.33. The molecule has 1 aromatic heterocycles. The summed E-state index contributed by atoms with van der Waals surface area (Å²) in [5.74, 6) is 0.0987. The number of ether oxygens (including phenoxy) is 1. The minimum absolute atomic E-state index is 0.0397. The Morgan fingerprint density at radius 3 is 3.00 bits per heavy atom. The third-order valence-electron chi connectivity index (χ3n) is 1.94. The lowest BCUT2D eigenvalue weighted by atomic mass is 10.4. The number of nitrogens with zero attached hydrogens (tertiary/aromatic N) is 3. The Bertz CT molecular complexity index is 402. The van der Waals surface area contributed by atoms with Crippen LogP contribution in [-0.2, 0) is 4.74 Å². The average molecular weight is 261 g/mol.